The molecule has 8 aromatic carbocycles. The summed E-state index contributed by atoms with van der Waals surface area (Å²) < 4.78 is 6.66. The standard InChI is InChI=1S/C47H32N4O/c1-4-14-32(15-5-1)45-48-46(34-24-23-31-13-10-11-16-33(31)29-34)50-47(49-45)35-25-27-42-40(30-35)38-21-12-22-39-41(26-28-43(52-42)44(38)39)51(36-17-6-2-7-18-36)37-19-8-3-9-20-37/h1-30,46H,(H,48,49,50). The van der Waals surface area contributed by atoms with Crippen LogP contribution in [0.4, 0.5) is 17.1 Å². The molecule has 10 rings (SSSR count). The van der Waals surface area contributed by atoms with Crippen molar-refractivity contribution in [3.8, 4) is 22.6 Å². The molecular weight excluding hydrogens is 637 g/mol. The van der Waals surface area contributed by atoms with Crippen molar-refractivity contribution in [2.24, 2.45) is 9.98 Å². The van der Waals surface area contributed by atoms with E-state index in [-0.39, 0.29) is 6.17 Å². The van der Waals surface area contributed by atoms with Gasteiger partial charge in [-0.15, -0.1) is 0 Å². The van der Waals surface area contributed by atoms with Crippen molar-refractivity contribution in [1.29, 1.82) is 0 Å². The summed E-state index contributed by atoms with van der Waals surface area (Å²) >= 11 is 0. The van der Waals surface area contributed by atoms with Gasteiger partial charge in [0.25, 0.3) is 0 Å². The number of fused-ring (bicyclic) bond motifs is 3. The van der Waals surface area contributed by atoms with Crippen molar-refractivity contribution in [3.05, 3.63) is 199 Å². The zero-order valence-corrected chi connectivity index (χ0v) is 28.1. The van der Waals surface area contributed by atoms with Crippen molar-refractivity contribution in [2.45, 2.75) is 6.17 Å². The summed E-state index contributed by atoms with van der Waals surface area (Å²) in [5.41, 5.74) is 8.42. The second kappa shape index (κ2) is 12.4. The molecule has 0 aromatic heterocycles. The van der Waals surface area contributed by atoms with E-state index >= 15 is 0 Å². The summed E-state index contributed by atoms with van der Waals surface area (Å²) in [4.78, 5) is 12.5. The Morgan fingerprint density at radius 3 is 1.98 bits per heavy atom. The minimum absolute atomic E-state index is 0.312. The van der Waals surface area contributed by atoms with Gasteiger partial charge in [0.15, 0.2) is 5.84 Å². The van der Waals surface area contributed by atoms with Crippen LogP contribution < -0.4 is 15.0 Å². The highest BCUT2D eigenvalue weighted by molar-refractivity contribution is 6.15. The predicted octanol–water partition coefficient (Wildman–Crippen LogP) is 11.7. The van der Waals surface area contributed by atoms with Crippen LogP contribution in [0.1, 0.15) is 22.9 Å². The van der Waals surface area contributed by atoms with Crippen LogP contribution in [-0.2, 0) is 0 Å². The molecule has 0 amide bonds. The molecular formula is C47H32N4O. The van der Waals surface area contributed by atoms with Crippen molar-refractivity contribution in [1.82, 2.24) is 5.32 Å². The van der Waals surface area contributed by atoms with E-state index in [1.165, 1.54) is 10.8 Å². The lowest BCUT2D eigenvalue weighted by Crippen LogP contribution is -2.33. The number of hydrogen-bond acceptors (Lipinski definition) is 5. The SMILES string of the molecule is c1ccc(C2=NC(c3ccc4ccccc4c3)NC(c3ccc4c(c3)-c3cccc5c(N(c6ccccc6)c6ccccc6)ccc(c35)O4)=N2)cc1. The predicted molar refractivity (Wildman–Crippen MR) is 213 cm³/mol. The fourth-order valence-corrected chi connectivity index (χ4v) is 7.40. The average Bonchev–Trinajstić information content (AvgIpc) is 3.22. The Morgan fingerprint density at radius 1 is 0.519 bits per heavy atom. The van der Waals surface area contributed by atoms with Crippen LogP contribution in [0.25, 0.3) is 32.7 Å². The monoisotopic (exact) mass is 668 g/mol. The fraction of sp³-hybridized carbons (Fsp3) is 0.0213. The Hall–Kier alpha value is -6.98. The van der Waals surface area contributed by atoms with Gasteiger partial charge < -0.3 is 15.0 Å². The van der Waals surface area contributed by atoms with Crippen LogP contribution in [0.15, 0.2) is 192 Å². The van der Waals surface area contributed by atoms with Gasteiger partial charge in [0, 0.05) is 38.8 Å². The molecule has 2 aliphatic heterocycles. The van der Waals surface area contributed by atoms with Gasteiger partial charge in [-0.25, -0.2) is 9.98 Å². The molecule has 246 valence electrons. The first-order chi connectivity index (χ1) is 25.8. The second-order valence-electron chi connectivity index (χ2n) is 13.1. The van der Waals surface area contributed by atoms with E-state index in [1.54, 1.807) is 0 Å². The maximum atomic E-state index is 6.66. The molecule has 0 bridgehead atoms. The smallest absolute Gasteiger partial charge is 0.159 e. The minimum atomic E-state index is -0.312. The molecule has 1 unspecified atom stereocenters. The number of para-hydroxylation sites is 2. The first-order valence-electron chi connectivity index (χ1n) is 17.5. The normalized spacial score (nSPS) is 14.5. The fourth-order valence-electron chi connectivity index (χ4n) is 7.40. The van der Waals surface area contributed by atoms with E-state index in [0.29, 0.717) is 5.84 Å². The summed E-state index contributed by atoms with van der Waals surface area (Å²) in [5, 5.41) is 8.25. The summed E-state index contributed by atoms with van der Waals surface area (Å²) in [6, 6.07) is 63.3. The molecule has 0 radical (unpaired) electrons. The Morgan fingerprint density at radius 2 is 1.21 bits per heavy atom. The summed E-state index contributed by atoms with van der Waals surface area (Å²) in [6.07, 6.45) is -0.312. The van der Waals surface area contributed by atoms with Gasteiger partial charge in [-0.3, -0.25) is 0 Å². The molecule has 5 heteroatoms. The molecule has 2 aliphatic rings. The third-order valence-corrected chi connectivity index (χ3v) is 9.88. The van der Waals surface area contributed by atoms with E-state index in [4.69, 9.17) is 14.7 Å². The minimum Gasteiger partial charge on any atom is -0.456 e. The first-order valence-corrected chi connectivity index (χ1v) is 17.5. The molecule has 2 heterocycles. The number of rotatable bonds is 6. The third-order valence-electron chi connectivity index (χ3n) is 9.88. The highest BCUT2D eigenvalue weighted by atomic mass is 16.5. The molecule has 0 saturated heterocycles. The third kappa shape index (κ3) is 5.19. The summed E-state index contributed by atoms with van der Waals surface area (Å²) in [7, 11) is 0. The van der Waals surface area contributed by atoms with Crippen LogP contribution >= 0.6 is 0 Å². The lowest BCUT2D eigenvalue weighted by atomic mass is 9.92. The largest absolute Gasteiger partial charge is 0.456 e. The van der Waals surface area contributed by atoms with E-state index in [0.717, 1.165) is 73.0 Å². The van der Waals surface area contributed by atoms with Crippen LogP contribution in [0, 0.1) is 0 Å². The van der Waals surface area contributed by atoms with Gasteiger partial charge in [-0.2, -0.15) is 0 Å². The van der Waals surface area contributed by atoms with Gasteiger partial charge in [-0.05, 0) is 82.6 Å². The van der Waals surface area contributed by atoms with Gasteiger partial charge in [0.1, 0.15) is 23.5 Å². The second-order valence-corrected chi connectivity index (χ2v) is 13.1. The van der Waals surface area contributed by atoms with Gasteiger partial charge in [-0.1, -0.05) is 121 Å². The summed E-state index contributed by atoms with van der Waals surface area (Å²) in [5.74, 6) is 3.12. The number of ether oxygens (including phenoxy) is 1. The molecule has 0 aliphatic carbocycles. The quantitative estimate of drug-likeness (QED) is 0.192. The van der Waals surface area contributed by atoms with Crippen molar-refractivity contribution in [3.63, 3.8) is 0 Å². The molecule has 1 N–H and O–H groups in total. The first kappa shape index (κ1) is 29.9. The maximum absolute atomic E-state index is 6.66. The van der Waals surface area contributed by atoms with Crippen molar-refractivity contribution in [2.75, 3.05) is 4.90 Å². The maximum Gasteiger partial charge on any atom is 0.159 e. The molecule has 8 aromatic rings. The lowest BCUT2D eigenvalue weighted by Gasteiger charge is -2.29. The lowest BCUT2D eigenvalue weighted by molar-refractivity contribution is 0.487. The zero-order valence-electron chi connectivity index (χ0n) is 28.1. The van der Waals surface area contributed by atoms with Gasteiger partial charge in [0.2, 0.25) is 0 Å². The number of aliphatic imine (C=N–C) groups is 2. The Labute approximate surface area is 301 Å². The van der Waals surface area contributed by atoms with Crippen LogP contribution in [-0.4, -0.2) is 11.7 Å². The molecule has 0 fully saturated rings. The highest BCUT2D eigenvalue weighted by Crippen LogP contribution is 2.50. The number of amidine groups is 2. The molecule has 0 spiro atoms. The number of benzene rings is 8. The van der Waals surface area contributed by atoms with E-state index in [2.05, 4.69) is 174 Å². The van der Waals surface area contributed by atoms with Crippen LogP contribution in [0.3, 0.4) is 0 Å². The molecule has 0 saturated carbocycles. The van der Waals surface area contributed by atoms with Gasteiger partial charge in [0.05, 0.1) is 5.69 Å². The van der Waals surface area contributed by atoms with E-state index < -0.39 is 0 Å². The van der Waals surface area contributed by atoms with Gasteiger partial charge >= 0.3 is 0 Å². The van der Waals surface area contributed by atoms with E-state index in [9.17, 15) is 0 Å². The molecule has 1 atom stereocenters. The zero-order chi connectivity index (χ0) is 34.4. The summed E-state index contributed by atoms with van der Waals surface area (Å²) in [6.45, 7) is 0. The van der Waals surface area contributed by atoms with E-state index in [1.807, 2.05) is 18.2 Å². The number of hydrogen-bond donors (Lipinski definition) is 1. The van der Waals surface area contributed by atoms with Crippen molar-refractivity contribution < 1.29 is 4.74 Å². The Balaban J connectivity index is 1.09. The number of anilines is 3. The van der Waals surface area contributed by atoms with Crippen LogP contribution in [0.5, 0.6) is 11.5 Å². The molecule has 52 heavy (non-hydrogen) atoms. The Kier molecular flexibility index (Phi) is 7.14. The number of nitrogens with one attached hydrogen (secondary N) is 1. The number of nitrogens with zero attached hydrogens (tertiary/aromatic N) is 3. The average molecular weight is 669 g/mol. The molecule has 5 nitrogen and oxygen atoms in total. The van der Waals surface area contributed by atoms with Crippen molar-refractivity contribution >= 4 is 50.3 Å². The highest BCUT2D eigenvalue weighted by Gasteiger charge is 2.26. The Bertz CT molecular complexity index is 2650. The topological polar surface area (TPSA) is 49.2 Å². The van der Waals surface area contributed by atoms with Crippen LogP contribution in [0.2, 0.25) is 0 Å².